The van der Waals surface area contributed by atoms with Gasteiger partial charge in [-0.1, -0.05) is 78.4 Å². The van der Waals surface area contributed by atoms with Gasteiger partial charge in [0, 0.05) is 5.56 Å². The van der Waals surface area contributed by atoms with Crippen molar-refractivity contribution in [3.63, 3.8) is 0 Å². The third kappa shape index (κ3) is 5.22. The second-order valence-electron chi connectivity index (χ2n) is 7.86. The summed E-state index contributed by atoms with van der Waals surface area (Å²) in [5.74, 6) is 0.565. The predicted octanol–water partition coefficient (Wildman–Crippen LogP) is 5.73. The van der Waals surface area contributed by atoms with Crippen molar-refractivity contribution in [1.29, 1.82) is 0 Å². The second kappa shape index (κ2) is 9.92. The summed E-state index contributed by atoms with van der Waals surface area (Å²) in [7, 11) is 0. The van der Waals surface area contributed by atoms with Crippen LogP contribution >= 0.6 is 0 Å². The minimum atomic E-state index is -0.151. The van der Waals surface area contributed by atoms with Gasteiger partial charge in [0.2, 0.25) is 5.91 Å². The Morgan fingerprint density at radius 3 is 2.56 bits per heavy atom. The lowest BCUT2D eigenvalue weighted by Crippen LogP contribution is -2.20. The molecule has 0 bridgehead atoms. The van der Waals surface area contributed by atoms with Gasteiger partial charge < -0.3 is 4.74 Å². The number of ether oxygens (including phenoxy) is 1. The Morgan fingerprint density at radius 2 is 1.69 bits per heavy atom. The van der Waals surface area contributed by atoms with Gasteiger partial charge in [-0.2, -0.15) is 5.10 Å². The van der Waals surface area contributed by atoms with E-state index in [9.17, 15) is 4.79 Å². The van der Waals surface area contributed by atoms with Crippen LogP contribution in [0.5, 0.6) is 5.75 Å². The fourth-order valence-corrected chi connectivity index (χ4v) is 3.72. The van der Waals surface area contributed by atoms with Crippen molar-refractivity contribution < 1.29 is 9.53 Å². The lowest BCUT2D eigenvalue weighted by Gasteiger charge is -2.11. The Balaban J connectivity index is 1.40. The summed E-state index contributed by atoms with van der Waals surface area (Å²) in [5.41, 5.74) is 7.84. The van der Waals surface area contributed by atoms with Gasteiger partial charge in [0.1, 0.15) is 12.4 Å². The zero-order valence-electron chi connectivity index (χ0n) is 18.3. The van der Waals surface area contributed by atoms with Crippen molar-refractivity contribution >= 4 is 22.9 Å². The molecule has 4 aromatic carbocycles. The summed E-state index contributed by atoms with van der Waals surface area (Å²) in [6, 6.07) is 28.2. The Bertz CT molecular complexity index is 1270. The van der Waals surface area contributed by atoms with Gasteiger partial charge in [0.05, 0.1) is 12.6 Å². The molecule has 0 fully saturated rings. The molecule has 4 rings (SSSR count). The number of hydrogen-bond donors (Lipinski definition) is 1. The molecule has 4 aromatic rings. The molecule has 0 atom stereocenters. The normalized spacial score (nSPS) is 11.1. The molecular formula is C28H26N2O2. The van der Waals surface area contributed by atoms with Crippen LogP contribution in [0.2, 0.25) is 0 Å². The molecule has 0 spiro atoms. The van der Waals surface area contributed by atoms with Gasteiger partial charge in [-0.05, 0) is 53.4 Å². The summed E-state index contributed by atoms with van der Waals surface area (Å²) in [6.45, 7) is 4.51. The molecule has 32 heavy (non-hydrogen) atoms. The molecule has 0 radical (unpaired) electrons. The predicted molar refractivity (Wildman–Crippen MR) is 130 cm³/mol. The van der Waals surface area contributed by atoms with Crippen LogP contribution in [-0.2, 0) is 17.8 Å². The van der Waals surface area contributed by atoms with Gasteiger partial charge in [0.25, 0.3) is 0 Å². The molecule has 0 heterocycles. The van der Waals surface area contributed by atoms with Crippen LogP contribution in [-0.4, -0.2) is 12.1 Å². The van der Waals surface area contributed by atoms with E-state index in [-0.39, 0.29) is 5.91 Å². The van der Waals surface area contributed by atoms with Crippen molar-refractivity contribution in [3.8, 4) is 5.75 Å². The molecule has 0 aromatic heterocycles. The quantitative estimate of drug-likeness (QED) is 0.305. The van der Waals surface area contributed by atoms with E-state index in [4.69, 9.17) is 4.74 Å². The summed E-state index contributed by atoms with van der Waals surface area (Å²) in [5, 5.41) is 6.52. The average molecular weight is 423 g/mol. The number of benzene rings is 4. The number of amides is 1. The lowest BCUT2D eigenvalue weighted by atomic mass is 10.0. The summed E-state index contributed by atoms with van der Waals surface area (Å²) in [4.78, 5) is 12.3. The van der Waals surface area contributed by atoms with Crippen LogP contribution in [0.4, 0.5) is 0 Å². The van der Waals surface area contributed by atoms with Crippen molar-refractivity contribution in [2.75, 3.05) is 0 Å². The van der Waals surface area contributed by atoms with Crippen LogP contribution in [0, 0.1) is 13.8 Å². The fraction of sp³-hybridized carbons (Fsp3) is 0.143. The first-order valence-corrected chi connectivity index (χ1v) is 10.7. The topological polar surface area (TPSA) is 50.7 Å². The smallest absolute Gasteiger partial charge is 0.244 e. The minimum absolute atomic E-state index is 0.151. The SMILES string of the molecule is Cc1ccc(CC(=O)N/N=C\c2ccccc2OCc2cccc3ccccc23)c(C)c1. The number of carbonyl (C=O) groups excluding carboxylic acids is 1. The second-order valence-corrected chi connectivity index (χ2v) is 7.86. The molecule has 0 aliphatic rings. The maximum Gasteiger partial charge on any atom is 0.244 e. The highest BCUT2D eigenvalue weighted by Crippen LogP contribution is 2.22. The first-order valence-electron chi connectivity index (χ1n) is 10.7. The molecule has 0 saturated carbocycles. The maximum atomic E-state index is 12.3. The maximum absolute atomic E-state index is 12.3. The van der Waals surface area contributed by atoms with Crippen LogP contribution in [0.1, 0.15) is 27.8 Å². The highest BCUT2D eigenvalue weighted by atomic mass is 16.5. The Morgan fingerprint density at radius 1 is 0.906 bits per heavy atom. The Kier molecular flexibility index (Phi) is 6.61. The standard InChI is InChI=1S/C28H26N2O2/c1-20-14-15-23(21(2)16-20)17-28(31)30-29-18-24-9-4-6-13-27(24)32-19-25-11-7-10-22-8-3-5-12-26(22)25/h3-16,18H,17,19H2,1-2H3,(H,30,31)/b29-18-. The number of nitrogens with one attached hydrogen (secondary N) is 1. The molecule has 4 heteroatoms. The van der Waals surface area contributed by atoms with E-state index in [0.717, 1.165) is 22.3 Å². The van der Waals surface area contributed by atoms with Crippen molar-refractivity contribution in [2.45, 2.75) is 26.9 Å². The average Bonchev–Trinajstić information content (AvgIpc) is 2.80. The van der Waals surface area contributed by atoms with E-state index in [2.05, 4.69) is 40.9 Å². The summed E-state index contributed by atoms with van der Waals surface area (Å²) < 4.78 is 6.11. The van der Waals surface area contributed by atoms with Crippen molar-refractivity contribution in [1.82, 2.24) is 5.43 Å². The number of rotatable bonds is 7. The van der Waals surface area contributed by atoms with E-state index in [1.54, 1.807) is 6.21 Å². The number of hydrogen-bond acceptors (Lipinski definition) is 3. The highest BCUT2D eigenvalue weighted by molar-refractivity contribution is 5.86. The molecule has 0 aliphatic carbocycles. The summed E-state index contributed by atoms with van der Waals surface area (Å²) in [6.07, 6.45) is 1.92. The van der Waals surface area contributed by atoms with Gasteiger partial charge in [-0.15, -0.1) is 0 Å². The van der Waals surface area contributed by atoms with Gasteiger partial charge in [-0.25, -0.2) is 5.43 Å². The van der Waals surface area contributed by atoms with E-state index >= 15 is 0 Å². The number of nitrogens with zero attached hydrogens (tertiary/aromatic N) is 1. The van der Waals surface area contributed by atoms with E-state index < -0.39 is 0 Å². The summed E-state index contributed by atoms with van der Waals surface area (Å²) >= 11 is 0. The van der Waals surface area contributed by atoms with Crippen LogP contribution < -0.4 is 10.2 Å². The first-order chi connectivity index (χ1) is 15.6. The van der Waals surface area contributed by atoms with Crippen LogP contribution in [0.3, 0.4) is 0 Å². The van der Waals surface area contributed by atoms with Gasteiger partial charge >= 0.3 is 0 Å². The zero-order valence-corrected chi connectivity index (χ0v) is 18.3. The molecule has 0 aliphatic heterocycles. The number of hydrazone groups is 1. The highest BCUT2D eigenvalue weighted by Gasteiger charge is 2.07. The van der Waals surface area contributed by atoms with Crippen molar-refractivity contribution in [2.24, 2.45) is 5.10 Å². The molecule has 0 unspecified atom stereocenters. The van der Waals surface area contributed by atoms with E-state index in [0.29, 0.717) is 18.8 Å². The molecule has 1 amide bonds. The molecule has 1 N–H and O–H groups in total. The monoisotopic (exact) mass is 422 g/mol. The number of aryl methyl sites for hydroxylation is 2. The third-order valence-electron chi connectivity index (χ3n) is 5.42. The third-order valence-corrected chi connectivity index (χ3v) is 5.42. The number of fused-ring (bicyclic) bond motifs is 1. The molecular weight excluding hydrogens is 396 g/mol. The van der Waals surface area contributed by atoms with Crippen LogP contribution in [0.15, 0.2) is 90.0 Å². The fourth-order valence-electron chi connectivity index (χ4n) is 3.72. The lowest BCUT2D eigenvalue weighted by molar-refractivity contribution is -0.120. The Labute approximate surface area is 188 Å². The minimum Gasteiger partial charge on any atom is -0.488 e. The molecule has 4 nitrogen and oxygen atoms in total. The largest absolute Gasteiger partial charge is 0.488 e. The van der Waals surface area contributed by atoms with E-state index in [1.165, 1.54) is 16.3 Å². The number of carbonyl (C=O) groups is 1. The first kappa shape index (κ1) is 21.3. The molecule has 0 saturated heterocycles. The number of para-hydroxylation sites is 1. The van der Waals surface area contributed by atoms with Crippen LogP contribution in [0.25, 0.3) is 10.8 Å². The van der Waals surface area contributed by atoms with Gasteiger partial charge in [-0.3, -0.25) is 4.79 Å². The van der Waals surface area contributed by atoms with Crippen molar-refractivity contribution in [3.05, 3.63) is 113 Å². The van der Waals surface area contributed by atoms with E-state index in [1.807, 2.05) is 68.4 Å². The zero-order chi connectivity index (χ0) is 22.3. The van der Waals surface area contributed by atoms with Gasteiger partial charge in [0.15, 0.2) is 0 Å². The Hall–Kier alpha value is -3.92. The molecule has 160 valence electrons.